The number of esters is 1. The van der Waals surface area contributed by atoms with Gasteiger partial charge in [-0.1, -0.05) is 29.8 Å². The molecular weight excluding hydrogens is 450 g/mol. The van der Waals surface area contributed by atoms with E-state index in [2.05, 4.69) is 4.98 Å². The van der Waals surface area contributed by atoms with E-state index in [4.69, 9.17) is 16.3 Å². The summed E-state index contributed by atoms with van der Waals surface area (Å²) in [7, 11) is 0. The molecule has 7 nitrogen and oxygen atoms in total. The molecule has 1 amide bonds. The van der Waals surface area contributed by atoms with Gasteiger partial charge in [-0.3, -0.25) is 19.0 Å². The second kappa shape index (κ2) is 9.42. The lowest BCUT2D eigenvalue weighted by molar-refractivity contribution is -0.149. The fraction of sp³-hybridized carbons (Fsp3) is 0.391. The van der Waals surface area contributed by atoms with Crippen LogP contribution < -0.4 is 5.56 Å². The Labute approximate surface area is 194 Å². The van der Waals surface area contributed by atoms with Crippen LogP contribution in [0.3, 0.4) is 0 Å². The van der Waals surface area contributed by atoms with Crippen LogP contribution >= 0.6 is 22.9 Å². The molecule has 2 aromatic heterocycles. The minimum atomic E-state index is -0.194. The lowest BCUT2D eigenvalue weighted by Gasteiger charge is -2.30. The summed E-state index contributed by atoms with van der Waals surface area (Å²) < 4.78 is 6.62. The van der Waals surface area contributed by atoms with Crippen LogP contribution in [0.15, 0.2) is 35.4 Å². The molecule has 0 atom stereocenters. The van der Waals surface area contributed by atoms with E-state index in [-0.39, 0.29) is 23.4 Å². The topological polar surface area (TPSA) is 81.5 Å². The average molecular weight is 474 g/mol. The van der Waals surface area contributed by atoms with Crippen LogP contribution in [-0.4, -0.2) is 46.0 Å². The number of likely N-dealkylation sites (tertiary alicyclic amines) is 1. The normalized spacial score (nSPS) is 14.7. The minimum absolute atomic E-state index is 0.120. The quantitative estimate of drug-likeness (QED) is 0.525. The molecule has 0 N–H and O–H groups in total. The van der Waals surface area contributed by atoms with Gasteiger partial charge in [0.15, 0.2) is 0 Å². The van der Waals surface area contributed by atoms with Crippen molar-refractivity contribution < 1.29 is 14.3 Å². The van der Waals surface area contributed by atoms with Crippen molar-refractivity contribution in [3.63, 3.8) is 0 Å². The minimum Gasteiger partial charge on any atom is -0.466 e. The number of carbonyl (C=O) groups excluding carboxylic acids is 2. The van der Waals surface area contributed by atoms with Crippen LogP contribution in [0, 0.1) is 12.8 Å². The number of hydrogen-bond acceptors (Lipinski definition) is 6. The molecule has 32 heavy (non-hydrogen) atoms. The van der Waals surface area contributed by atoms with Crippen LogP contribution in [0.2, 0.25) is 5.02 Å². The molecule has 1 aliphatic heterocycles. The zero-order valence-electron chi connectivity index (χ0n) is 18.0. The molecule has 0 bridgehead atoms. The van der Waals surface area contributed by atoms with E-state index >= 15 is 0 Å². The number of ether oxygens (including phenoxy) is 1. The van der Waals surface area contributed by atoms with E-state index in [1.165, 1.54) is 22.2 Å². The molecule has 9 heteroatoms. The summed E-state index contributed by atoms with van der Waals surface area (Å²) in [6, 6.07) is 7.36. The predicted molar refractivity (Wildman–Crippen MR) is 124 cm³/mol. The third-order valence-corrected chi connectivity index (χ3v) is 7.37. The Morgan fingerprint density at radius 1 is 1.25 bits per heavy atom. The van der Waals surface area contributed by atoms with E-state index in [1.54, 1.807) is 24.8 Å². The number of rotatable bonds is 5. The number of amides is 1. The maximum absolute atomic E-state index is 13.2. The first-order chi connectivity index (χ1) is 15.4. The van der Waals surface area contributed by atoms with Crippen molar-refractivity contribution in [3.05, 3.63) is 62.0 Å². The zero-order chi connectivity index (χ0) is 22.8. The highest BCUT2D eigenvalue weighted by Gasteiger charge is 2.30. The maximum atomic E-state index is 13.2. The van der Waals surface area contributed by atoms with Crippen LogP contribution in [0.4, 0.5) is 0 Å². The van der Waals surface area contributed by atoms with Gasteiger partial charge in [-0.05, 0) is 43.9 Å². The highest BCUT2D eigenvalue weighted by atomic mass is 35.5. The van der Waals surface area contributed by atoms with Gasteiger partial charge >= 0.3 is 5.97 Å². The van der Waals surface area contributed by atoms with Crippen LogP contribution in [-0.2, 0) is 16.1 Å². The maximum Gasteiger partial charge on any atom is 0.309 e. The summed E-state index contributed by atoms with van der Waals surface area (Å²) in [6.07, 6.45) is 2.66. The molecule has 1 aliphatic rings. The number of benzene rings is 1. The number of aryl methyl sites for hydroxylation is 1. The number of thiophene rings is 1. The average Bonchev–Trinajstić information content (AvgIpc) is 3.14. The van der Waals surface area contributed by atoms with Gasteiger partial charge in [-0.2, -0.15) is 0 Å². The van der Waals surface area contributed by atoms with E-state index in [0.717, 1.165) is 5.56 Å². The van der Waals surface area contributed by atoms with Crippen molar-refractivity contribution in [3.8, 4) is 0 Å². The Morgan fingerprint density at radius 3 is 2.66 bits per heavy atom. The number of fused-ring (bicyclic) bond motifs is 1. The first-order valence-corrected chi connectivity index (χ1v) is 11.8. The van der Waals surface area contributed by atoms with Crippen molar-refractivity contribution in [1.82, 2.24) is 14.5 Å². The molecule has 0 spiro atoms. The number of halogens is 1. The summed E-state index contributed by atoms with van der Waals surface area (Å²) in [5.74, 6) is -0.480. The van der Waals surface area contributed by atoms with Gasteiger partial charge in [-0.15, -0.1) is 11.3 Å². The van der Waals surface area contributed by atoms with Crippen LogP contribution in [0.1, 0.15) is 40.6 Å². The van der Waals surface area contributed by atoms with Crippen molar-refractivity contribution in [2.45, 2.75) is 33.2 Å². The largest absolute Gasteiger partial charge is 0.466 e. The van der Waals surface area contributed by atoms with Gasteiger partial charge in [0.05, 0.1) is 35.7 Å². The number of piperidine rings is 1. The lowest BCUT2D eigenvalue weighted by Crippen LogP contribution is -2.40. The van der Waals surface area contributed by atoms with E-state index in [1.807, 2.05) is 18.2 Å². The lowest BCUT2D eigenvalue weighted by atomic mass is 9.97. The summed E-state index contributed by atoms with van der Waals surface area (Å²) >= 11 is 7.48. The molecular formula is C23H24ClN3O4S. The molecule has 3 heterocycles. The summed E-state index contributed by atoms with van der Waals surface area (Å²) in [4.78, 5) is 45.6. The molecule has 4 rings (SSSR count). The van der Waals surface area contributed by atoms with Crippen LogP contribution in [0.5, 0.6) is 0 Å². The summed E-state index contributed by atoms with van der Waals surface area (Å²) in [5, 5.41) is 1.05. The molecule has 1 saturated heterocycles. The van der Waals surface area contributed by atoms with E-state index < -0.39 is 0 Å². The highest BCUT2D eigenvalue weighted by Crippen LogP contribution is 2.30. The first-order valence-electron chi connectivity index (χ1n) is 10.6. The number of nitrogens with zero attached hydrogens (tertiary/aromatic N) is 3. The third kappa shape index (κ3) is 4.29. The van der Waals surface area contributed by atoms with Gasteiger partial charge < -0.3 is 9.64 Å². The van der Waals surface area contributed by atoms with Gasteiger partial charge in [-0.25, -0.2) is 4.98 Å². The number of hydrogen-bond donors (Lipinski definition) is 0. The van der Waals surface area contributed by atoms with Gasteiger partial charge in [0.1, 0.15) is 4.83 Å². The number of aromatic nitrogens is 2. The zero-order valence-corrected chi connectivity index (χ0v) is 19.5. The van der Waals surface area contributed by atoms with Gasteiger partial charge in [0.25, 0.3) is 11.5 Å². The molecule has 168 valence electrons. The fourth-order valence-electron chi connectivity index (χ4n) is 4.01. The molecule has 1 fully saturated rings. The Hall–Kier alpha value is -2.71. The Kier molecular flexibility index (Phi) is 6.62. The second-order valence-corrected chi connectivity index (χ2v) is 9.23. The monoisotopic (exact) mass is 473 g/mol. The summed E-state index contributed by atoms with van der Waals surface area (Å²) in [5.41, 5.74) is 1.28. The van der Waals surface area contributed by atoms with Crippen molar-refractivity contribution in [2.24, 2.45) is 5.92 Å². The van der Waals surface area contributed by atoms with Gasteiger partial charge in [0.2, 0.25) is 0 Å². The van der Waals surface area contributed by atoms with Gasteiger partial charge in [0, 0.05) is 18.1 Å². The molecule has 0 unspecified atom stereocenters. The SMILES string of the molecule is CCOC(=O)C1CCN(C(=O)c2sc3ncn(Cc4ccccc4Cl)c(=O)c3c2C)CC1. The molecule has 0 saturated carbocycles. The van der Waals surface area contributed by atoms with E-state index in [0.29, 0.717) is 64.8 Å². The second-order valence-electron chi connectivity index (χ2n) is 7.82. The van der Waals surface area contributed by atoms with Crippen molar-refractivity contribution in [2.75, 3.05) is 19.7 Å². The molecule has 0 aliphatic carbocycles. The van der Waals surface area contributed by atoms with Crippen molar-refractivity contribution >= 4 is 45.0 Å². The molecule has 0 radical (unpaired) electrons. The van der Waals surface area contributed by atoms with E-state index in [9.17, 15) is 14.4 Å². The van der Waals surface area contributed by atoms with Crippen LogP contribution in [0.25, 0.3) is 10.2 Å². The Morgan fingerprint density at radius 2 is 1.97 bits per heavy atom. The van der Waals surface area contributed by atoms with Crippen molar-refractivity contribution in [1.29, 1.82) is 0 Å². The summed E-state index contributed by atoms with van der Waals surface area (Å²) in [6.45, 7) is 5.22. The molecule has 1 aromatic carbocycles. The Balaban J connectivity index is 1.57. The first kappa shape index (κ1) is 22.5. The predicted octanol–water partition coefficient (Wildman–Crippen LogP) is 3.88. The fourth-order valence-corrected chi connectivity index (χ4v) is 5.31. The highest BCUT2D eigenvalue weighted by molar-refractivity contribution is 7.20. The Bertz CT molecular complexity index is 1230. The standard InChI is InChI=1S/C23H24ClN3O4S/c1-3-31-23(30)15-8-10-26(11-9-15)22(29)19-14(2)18-20(32-19)25-13-27(21(18)28)12-16-6-4-5-7-17(16)24/h4-7,13,15H,3,8-12H2,1-2H3. The third-order valence-electron chi connectivity index (χ3n) is 5.81. The molecule has 3 aromatic rings. The smallest absolute Gasteiger partial charge is 0.309 e. The number of carbonyl (C=O) groups is 2.